The minimum atomic E-state index is -4.76. The highest BCUT2D eigenvalue weighted by Gasteiger charge is 2.55. The molecule has 2 amide bonds. The summed E-state index contributed by atoms with van der Waals surface area (Å²) in [6, 6.07) is 10.5. The van der Waals surface area contributed by atoms with Crippen LogP contribution in [0.15, 0.2) is 52.9 Å². The molecule has 1 fully saturated rings. The van der Waals surface area contributed by atoms with E-state index in [4.69, 9.17) is 10.1 Å². The van der Waals surface area contributed by atoms with E-state index in [9.17, 15) is 22.8 Å². The van der Waals surface area contributed by atoms with Gasteiger partial charge < -0.3 is 10.1 Å². The van der Waals surface area contributed by atoms with E-state index < -0.39 is 46.0 Å². The molecule has 174 valence electrons. The molecule has 0 radical (unpaired) electrons. The minimum absolute atomic E-state index is 0.0702. The number of hydrogen-bond acceptors (Lipinski definition) is 7. The number of aromatic nitrogens is 1. The summed E-state index contributed by atoms with van der Waals surface area (Å²) in [6.45, 7) is 2.26. The van der Waals surface area contributed by atoms with Gasteiger partial charge in [-0.05, 0) is 48.7 Å². The SMILES string of the molecule is CCOc1ccc(N2C(=O)[C@@H]3C(=N)c4c(C(F)(F)F)cc(-c5cccs5)nc4S[C@@H]3C2=O)cc1. The first kappa shape index (κ1) is 22.6. The zero-order valence-corrected chi connectivity index (χ0v) is 19.2. The highest BCUT2D eigenvalue weighted by molar-refractivity contribution is 8.00. The highest BCUT2D eigenvalue weighted by Crippen LogP contribution is 2.48. The van der Waals surface area contributed by atoms with Gasteiger partial charge in [-0.2, -0.15) is 13.2 Å². The van der Waals surface area contributed by atoms with Gasteiger partial charge in [0.05, 0.1) is 34.1 Å². The molecule has 1 aromatic carbocycles. The van der Waals surface area contributed by atoms with Gasteiger partial charge >= 0.3 is 6.18 Å². The van der Waals surface area contributed by atoms with Gasteiger partial charge in [0, 0.05) is 5.56 Å². The van der Waals surface area contributed by atoms with Crippen molar-refractivity contribution in [2.24, 2.45) is 5.92 Å². The van der Waals surface area contributed by atoms with Crippen LogP contribution in [0, 0.1) is 11.3 Å². The van der Waals surface area contributed by atoms with Crippen molar-refractivity contribution in [3.05, 3.63) is 59.0 Å². The Labute approximate surface area is 200 Å². The second-order valence-electron chi connectivity index (χ2n) is 7.58. The lowest BCUT2D eigenvalue weighted by atomic mass is 9.91. The number of carbonyl (C=O) groups is 2. The molecule has 0 spiro atoms. The Morgan fingerprint density at radius 1 is 1.15 bits per heavy atom. The Kier molecular flexibility index (Phi) is 5.48. The number of thiophene rings is 1. The number of thioether (sulfide) groups is 1. The molecule has 2 aliphatic rings. The molecule has 4 heterocycles. The van der Waals surface area contributed by atoms with Crippen LogP contribution in [-0.2, 0) is 15.8 Å². The summed E-state index contributed by atoms with van der Waals surface area (Å²) in [5.74, 6) is -2.08. The molecule has 5 rings (SSSR count). The van der Waals surface area contributed by atoms with Crippen LogP contribution in [0.5, 0.6) is 5.75 Å². The Balaban J connectivity index is 1.58. The van der Waals surface area contributed by atoms with Crippen LogP contribution in [0.25, 0.3) is 10.6 Å². The third-order valence-electron chi connectivity index (χ3n) is 5.54. The van der Waals surface area contributed by atoms with Gasteiger partial charge in [0.25, 0.3) is 0 Å². The largest absolute Gasteiger partial charge is 0.494 e. The standard InChI is InChI=1S/C23H16F3N3O3S2/c1-2-32-12-7-5-11(6-8-12)29-21(30)17-18(27)16-13(23(24,25)26)10-14(15-4-3-9-33-15)28-20(16)34-19(17)22(29)31/h3-10,17,19,27H,2H2,1H3/t17-,19+/m1/s1. The summed E-state index contributed by atoms with van der Waals surface area (Å²) in [4.78, 5) is 32.3. The monoisotopic (exact) mass is 503 g/mol. The fourth-order valence-electron chi connectivity index (χ4n) is 4.07. The fraction of sp³-hybridized carbons (Fsp3) is 0.217. The number of amides is 2. The average molecular weight is 504 g/mol. The van der Waals surface area contributed by atoms with E-state index in [1.807, 2.05) is 6.92 Å². The smallest absolute Gasteiger partial charge is 0.417 e. The third kappa shape index (κ3) is 3.59. The lowest BCUT2D eigenvalue weighted by Crippen LogP contribution is -2.35. The number of rotatable bonds is 4. The summed E-state index contributed by atoms with van der Waals surface area (Å²) in [6.07, 6.45) is -4.76. The maximum atomic E-state index is 14.0. The topological polar surface area (TPSA) is 83.3 Å². The van der Waals surface area contributed by atoms with Crippen LogP contribution in [-0.4, -0.2) is 34.4 Å². The van der Waals surface area contributed by atoms with Crippen LogP contribution in [0.3, 0.4) is 0 Å². The van der Waals surface area contributed by atoms with Crippen molar-refractivity contribution in [1.29, 1.82) is 5.41 Å². The van der Waals surface area contributed by atoms with Gasteiger partial charge in [-0.1, -0.05) is 17.8 Å². The number of fused-ring (bicyclic) bond motifs is 2. The van der Waals surface area contributed by atoms with Crippen LogP contribution in [0.4, 0.5) is 18.9 Å². The number of carbonyl (C=O) groups excluding carboxylic acids is 2. The third-order valence-corrected chi connectivity index (χ3v) is 7.68. The van der Waals surface area contributed by atoms with Crippen molar-refractivity contribution in [3.63, 3.8) is 0 Å². The minimum Gasteiger partial charge on any atom is -0.494 e. The quantitative estimate of drug-likeness (QED) is 0.491. The van der Waals surface area contributed by atoms with Crippen molar-refractivity contribution in [2.45, 2.75) is 23.4 Å². The van der Waals surface area contributed by atoms with Crippen molar-refractivity contribution in [2.75, 3.05) is 11.5 Å². The first-order valence-corrected chi connectivity index (χ1v) is 12.0. The van der Waals surface area contributed by atoms with Crippen molar-refractivity contribution < 1.29 is 27.5 Å². The Bertz CT molecular complexity index is 1310. The number of alkyl halides is 3. The number of halogens is 3. The summed E-state index contributed by atoms with van der Waals surface area (Å²) in [5.41, 5.74) is -1.62. The number of nitrogens with zero attached hydrogens (tertiary/aromatic N) is 2. The predicted octanol–water partition coefficient (Wildman–Crippen LogP) is 5.26. The first-order chi connectivity index (χ1) is 16.2. The number of pyridine rings is 1. The molecule has 1 saturated heterocycles. The number of nitrogens with one attached hydrogen (secondary N) is 1. The molecule has 0 unspecified atom stereocenters. The molecule has 0 bridgehead atoms. The van der Waals surface area contributed by atoms with E-state index in [1.165, 1.54) is 23.5 Å². The van der Waals surface area contributed by atoms with E-state index in [2.05, 4.69) is 4.98 Å². The molecule has 3 aromatic rings. The van der Waals surface area contributed by atoms with Gasteiger partial charge in [0.1, 0.15) is 21.9 Å². The zero-order valence-electron chi connectivity index (χ0n) is 17.6. The maximum absolute atomic E-state index is 14.0. The second kappa shape index (κ2) is 8.24. The van der Waals surface area contributed by atoms with E-state index in [1.54, 1.807) is 29.6 Å². The molecule has 0 saturated carbocycles. The number of anilines is 1. The average Bonchev–Trinajstić information content (AvgIpc) is 3.41. The van der Waals surface area contributed by atoms with Gasteiger partial charge in [0.15, 0.2) is 0 Å². The van der Waals surface area contributed by atoms with Gasteiger partial charge in [0.2, 0.25) is 11.8 Å². The van der Waals surface area contributed by atoms with Crippen molar-refractivity contribution in [3.8, 4) is 16.3 Å². The van der Waals surface area contributed by atoms with E-state index >= 15 is 0 Å². The summed E-state index contributed by atoms with van der Waals surface area (Å²) in [5, 5.41) is 9.15. The maximum Gasteiger partial charge on any atom is 0.417 e. The van der Waals surface area contributed by atoms with Gasteiger partial charge in [-0.3, -0.25) is 9.59 Å². The molecule has 2 aromatic heterocycles. The summed E-state index contributed by atoms with van der Waals surface area (Å²) >= 11 is 2.05. The number of hydrogen-bond donors (Lipinski definition) is 1. The van der Waals surface area contributed by atoms with E-state index in [-0.39, 0.29) is 16.4 Å². The fourth-order valence-corrected chi connectivity index (χ4v) is 6.08. The lowest BCUT2D eigenvalue weighted by molar-refractivity contribution is -0.138. The van der Waals surface area contributed by atoms with E-state index in [0.29, 0.717) is 17.2 Å². The van der Waals surface area contributed by atoms with Crippen molar-refractivity contribution >= 4 is 46.3 Å². The summed E-state index contributed by atoms with van der Waals surface area (Å²) in [7, 11) is 0. The van der Waals surface area contributed by atoms with Gasteiger partial charge in [-0.15, -0.1) is 11.3 Å². The molecule has 2 atom stereocenters. The molecule has 34 heavy (non-hydrogen) atoms. The van der Waals surface area contributed by atoms with Crippen LogP contribution in [0.1, 0.15) is 18.1 Å². The van der Waals surface area contributed by atoms with Gasteiger partial charge in [-0.25, -0.2) is 9.88 Å². The first-order valence-electron chi connectivity index (χ1n) is 10.2. The molecule has 2 aliphatic heterocycles. The number of imide groups is 1. The zero-order chi connectivity index (χ0) is 24.2. The highest BCUT2D eigenvalue weighted by atomic mass is 32.2. The molecule has 6 nitrogen and oxygen atoms in total. The van der Waals surface area contributed by atoms with Crippen molar-refractivity contribution in [1.82, 2.24) is 4.98 Å². The summed E-state index contributed by atoms with van der Waals surface area (Å²) < 4.78 is 47.5. The van der Waals surface area contributed by atoms with Crippen LogP contribution >= 0.6 is 23.1 Å². The normalized spacial score (nSPS) is 19.9. The van der Waals surface area contributed by atoms with E-state index in [0.717, 1.165) is 22.7 Å². The second-order valence-corrected chi connectivity index (χ2v) is 9.66. The molecule has 11 heteroatoms. The Hall–Kier alpha value is -3.18. The number of ether oxygens (including phenoxy) is 1. The molecular weight excluding hydrogens is 487 g/mol. The number of benzene rings is 1. The Morgan fingerprint density at radius 2 is 1.88 bits per heavy atom. The predicted molar refractivity (Wildman–Crippen MR) is 123 cm³/mol. The lowest BCUT2D eigenvalue weighted by Gasteiger charge is -2.27. The Morgan fingerprint density at radius 3 is 2.50 bits per heavy atom. The van der Waals surface area contributed by atoms with Crippen LogP contribution in [0.2, 0.25) is 0 Å². The molecule has 1 N–H and O–H groups in total. The molecular formula is C23H16F3N3O3S2. The van der Waals surface area contributed by atoms with Crippen LogP contribution < -0.4 is 9.64 Å². The molecule has 0 aliphatic carbocycles.